The van der Waals surface area contributed by atoms with Gasteiger partial charge in [0.25, 0.3) is 0 Å². The lowest BCUT2D eigenvalue weighted by Crippen LogP contribution is -2.07. The quantitative estimate of drug-likeness (QED) is 0.815. The zero-order chi connectivity index (χ0) is 13.0. The second kappa shape index (κ2) is 5.73. The van der Waals surface area contributed by atoms with Crippen LogP contribution in [0.15, 0.2) is 40.9 Å². The lowest BCUT2D eigenvalue weighted by Gasteiger charge is -2.03. The van der Waals surface area contributed by atoms with E-state index in [1.165, 1.54) is 7.11 Å². The van der Waals surface area contributed by atoms with Crippen LogP contribution in [0.3, 0.4) is 0 Å². The molecule has 0 spiro atoms. The number of rotatable bonds is 4. The fraction of sp³-hybridized carbons (Fsp3) is 0.154. The molecule has 1 aromatic carbocycles. The Hall–Kier alpha value is -1.75. The number of ketones is 1. The first kappa shape index (κ1) is 12.7. The van der Waals surface area contributed by atoms with Crippen molar-refractivity contribution in [2.75, 3.05) is 7.11 Å². The minimum absolute atomic E-state index is 0.0722. The van der Waals surface area contributed by atoms with Crippen LogP contribution in [0.4, 0.5) is 0 Å². The van der Waals surface area contributed by atoms with E-state index in [1.807, 2.05) is 24.3 Å². The first-order chi connectivity index (χ1) is 8.70. The maximum absolute atomic E-state index is 12.0. The van der Waals surface area contributed by atoms with E-state index in [-0.39, 0.29) is 5.78 Å². The van der Waals surface area contributed by atoms with Gasteiger partial charge in [0.1, 0.15) is 5.69 Å². The van der Waals surface area contributed by atoms with E-state index in [1.54, 1.807) is 12.1 Å². The third-order valence-electron chi connectivity index (χ3n) is 2.44. The number of nitrogens with zero attached hydrogens (tertiary/aromatic N) is 2. The SMILES string of the molecule is COc1ccc(C(=O)Cc2ccccc2Br)nn1. The molecular formula is C13H11BrN2O2. The highest BCUT2D eigenvalue weighted by atomic mass is 79.9. The highest BCUT2D eigenvalue weighted by Gasteiger charge is 2.11. The lowest BCUT2D eigenvalue weighted by molar-refractivity contribution is 0.0987. The minimum Gasteiger partial charge on any atom is -0.480 e. The molecule has 1 heterocycles. The smallest absolute Gasteiger partial charge is 0.233 e. The van der Waals surface area contributed by atoms with E-state index in [4.69, 9.17) is 4.74 Å². The van der Waals surface area contributed by atoms with Gasteiger partial charge in [-0.05, 0) is 17.7 Å². The molecule has 2 rings (SSSR count). The third kappa shape index (κ3) is 2.92. The fourth-order valence-corrected chi connectivity index (χ4v) is 1.91. The number of hydrogen-bond acceptors (Lipinski definition) is 4. The normalized spacial score (nSPS) is 10.1. The van der Waals surface area contributed by atoms with Crippen LogP contribution in [-0.4, -0.2) is 23.1 Å². The number of hydrogen-bond donors (Lipinski definition) is 0. The minimum atomic E-state index is -0.0722. The average Bonchev–Trinajstić information content (AvgIpc) is 2.41. The molecule has 0 fully saturated rings. The van der Waals surface area contributed by atoms with Crippen LogP contribution in [0.1, 0.15) is 16.1 Å². The number of carbonyl (C=O) groups is 1. The largest absolute Gasteiger partial charge is 0.480 e. The second-order valence-electron chi connectivity index (χ2n) is 3.65. The van der Waals surface area contributed by atoms with Crippen LogP contribution in [0.5, 0.6) is 5.88 Å². The van der Waals surface area contributed by atoms with Crippen molar-refractivity contribution in [2.24, 2.45) is 0 Å². The molecule has 0 saturated carbocycles. The summed E-state index contributed by atoms with van der Waals surface area (Å²) in [7, 11) is 1.51. The molecule has 0 saturated heterocycles. The topological polar surface area (TPSA) is 52.1 Å². The molecule has 0 radical (unpaired) electrons. The van der Waals surface area contributed by atoms with E-state index in [0.717, 1.165) is 10.0 Å². The Bertz CT molecular complexity index is 555. The summed E-state index contributed by atoms with van der Waals surface area (Å²) < 4.78 is 5.81. The number of benzene rings is 1. The molecule has 5 heteroatoms. The molecule has 18 heavy (non-hydrogen) atoms. The monoisotopic (exact) mass is 306 g/mol. The summed E-state index contributed by atoms with van der Waals surface area (Å²) in [4.78, 5) is 12.0. The van der Waals surface area contributed by atoms with E-state index < -0.39 is 0 Å². The molecule has 0 aliphatic carbocycles. The van der Waals surface area contributed by atoms with E-state index in [0.29, 0.717) is 18.0 Å². The molecule has 0 aliphatic heterocycles. The van der Waals surface area contributed by atoms with Gasteiger partial charge in [0.2, 0.25) is 5.88 Å². The Kier molecular flexibility index (Phi) is 4.04. The van der Waals surface area contributed by atoms with Crippen molar-refractivity contribution in [1.29, 1.82) is 0 Å². The van der Waals surface area contributed by atoms with Crippen molar-refractivity contribution in [3.8, 4) is 5.88 Å². The zero-order valence-electron chi connectivity index (χ0n) is 9.76. The van der Waals surface area contributed by atoms with Crippen LogP contribution in [-0.2, 0) is 6.42 Å². The number of carbonyl (C=O) groups excluding carboxylic acids is 1. The molecule has 0 unspecified atom stereocenters. The van der Waals surface area contributed by atoms with Gasteiger partial charge in [0, 0.05) is 17.0 Å². The Morgan fingerprint density at radius 3 is 2.61 bits per heavy atom. The molecule has 0 N–H and O–H groups in total. The van der Waals surface area contributed by atoms with Crippen molar-refractivity contribution >= 4 is 21.7 Å². The van der Waals surface area contributed by atoms with Crippen molar-refractivity contribution < 1.29 is 9.53 Å². The van der Waals surface area contributed by atoms with Gasteiger partial charge in [-0.2, -0.15) is 0 Å². The van der Waals surface area contributed by atoms with Crippen LogP contribution >= 0.6 is 15.9 Å². The molecule has 1 aromatic heterocycles. The van der Waals surface area contributed by atoms with Crippen molar-refractivity contribution in [1.82, 2.24) is 10.2 Å². The summed E-state index contributed by atoms with van der Waals surface area (Å²) in [6.45, 7) is 0. The summed E-state index contributed by atoms with van der Waals surface area (Å²) in [5, 5.41) is 7.61. The lowest BCUT2D eigenvalue weighted by atomic mass is 10.1. The Labute approximate surface area is 113 Å². The van der Waals surface area contributed by atoms with Crippen molar-refractivity contribution in [3.63, 3.8) is 0 Å². The first-order valence-corrected chi connectivity index (χ1v) is 6.14. The van der Waals surface area contributed by atoms with E-state index in [9.17, 15) is 4.79 Å². The molecular weight excluding hydrogens is 296 g/mol. The summed E-state index contributed by atoms with van der Waals surface area (Å²) in [5.74, 6) is 0.324. The number of halogens is 1. The number of aromatic nitrogens is 2. The molecule has 4 nitrogen and oxygen atoms in total. The summed E-state index contributed by atoms with van der Waals surface area (Å²) in [5.41, 5.74) is 1.27. The fourth-order valence-electron chi connectivity index (χ4n) is 1.48. The maximum atomic E-state index is 12.0. The van der Waals surface area contributed by atoms with Crippen LogP contribution < -0.4 is 4.74 Å². The molecule has 0 amide bonds. The van der Waals surface area contributed by atoms with Gasteiger partial charge >= 0.3 is 0 Å². The zero-order valence-corrected chi connectivity index (χ0v) is 11.3. The Balaban J connectivity index is 2.14. The van der Waals surface area contributed by atoms with Crippen molar-refractivity contribution in [3.05, 3.63) is 52.1 Å². The van der Waals surface area contributed by atoms with Gasteiger partial charge in [0.15, 0.2) is 5.78 Å². The predicted octanol–water partition coefficient (Wildman–Crippen LogP) is 2.67. The first-order valence-electron chi connectivity index (χ1n) is 5.35. The number of ether oxygens (including phenoxy) is 1. The van der Waals surface area contributed by atoms with E-state index in [2.05, 4.69) is 26.1 Å². The maximum Gasteiger partial charge on any atom is 0.233 e. The highest BCUT2D eigenvalue weighted by Crippen LogP contribution is 2.17. The van der Waals surface area contributed by atoms with Crippen LogP contribution in [0.2, 0.25) is 0 Å². The summed E-state index contributed by atoms with van der Waals surface area (Å²) in [6, 6.07) is 10.9. The summed E-state index contributed by atoms with van der Waals surface area (Å²) >= 11 is 3.41. The van der Waals surface area contributed by atoms with Crippen molar-refractivity contribution in [2.45, 2.75) is 6.42 Å². The Morgan fingerprint density at radius 1 is 1.22 bits per heavy atom. The van der Waals surface area contributed by atoms with Gasteiger partial charge in [-0.15, -0.1) is 10.2 Å². The van der Waals surface area contributed by atoms with Gasteiger partial charge in [0.05, 0.1) is 7.11 Å². The average molecular weight is 307 g/mol. The second-order valence-corrected chi connectivity index (χ2v) is 4.51. The Morgan fingerprint density at radius 2 is 2.00 bits per heavy atom. The number of methoxy groups -OCH3 is 1. The van der Waals surface area contributed by atoms with Gasteiger partial charge in [-0.1, -0.05) is 34.1 Å². The number of Topliss-reactive ketones (excluding diaryl/α,β-unsaturated/α-hetero) is 1. The van der Waals surface area contributed by atoms with Crippen LogP contribution in [0.25, 0.3) is 0 Å². The van der Waals surface area contributed by atoms with Gasteiger partial charge in [-0.25, -0.2) is 0 Å². The molecule has 0 bridgehead atoms. The molecule has 2 aromatic rings. The molecule has 0 atom stereocenters. The summed E-state index contributed by atoms with van der Waals surface area (Å²) in [6.07, 6.45) is 0.294. The van der Waals surface area contributed by atoms with Gasteiger partial charge < -0.3 is 4.74 Å². The van der Waals surface area contributed by atoms with E-state index >= 15 is 0 Å². The molecule has 92 valence electrons. The standard InChI is InChI=1S/C13H11BrN2O2/c1-18-13-7-6-11(15-16-13)12(17)8-9-4-2-3-5-10(9)14/h2-7H,8H2,1H3. The molecule has 0 aliphatic rings. The van der Waals surface area contributed by atoms with Crippen LogP contribution in [0, 0.1) is 0 Å². The third-order valence-corrected chi connectivity index (χ3v) is 3.22. The van der Waals surface area contributed by atoms with Gasteiger partial charge in [-0.3, -0.25) is 4.79 Å². The predicted molar refractivity (Wildman–Crippen MR) is 70.8 cm³/mol. The highest BCUT2D eigenvalue weighted by molar-refractivity contribution is 9.10.